The number of nitrogen functional groups attached to an aromatic ring is 1. The molecule has 0 saturated carbocycles. The van der Waals surface area contributed by atoms with E-state index in [2.05, 4.69) is 25.6 Å². The Morgan fingerprint density at radius 3 is 2.59 bits per heavy atom. The molecule has 4 N–H and O–H groups in total. The fourth-order valence-corrected chi connectivity index (χ4v) is 3.47. The Morgan fingerprint density at radius 2 is 1.78 bits per heavy atom. The normalized spacial score (nSPS) is 10.9. The molecule has 0 aliphatic heterocycles. The van der Waals surface area contributed by atoms with Crippen LogP contribution in [0.2, 0.25) is 0 Å². The molecule has 4 rings (SSSR count). The molecule has 0 amide bonds. The molecule has 9 heteroatoms. The van der Waals surface area contributed by atoms with Gasteiger partial charge < -0.3 is 16.4 Å². The van der Waals surface area contributed by atoms with Gasteiger partial charge in [0.25, 0.3) is 0 Å². The molecule has 0 aliphatic carbocycles. The van der Waals surface area contributed by atoms with Crippen molar-refractivity contribution in [2.45, 2.75) is 6.92 Å². The van der Waals surface area contributed by atoms with E-state index in [9.17, 15) is 8.78 Å². The predicted molar refractivity (Wildman–Crippen MR) is 104 cm³/mol. The van der Waals surface area contributed by atoms with Gasteiger partial charge in [-0.25, -0.2) is 23.7 Å². The van der Waals surface area contributed by atoms with Gasteiger partial charge in [-0.1, -0.05) is 17.4 Å². The molecule has 2 aromatic carbocycles. The van der Waals surface area contributed by atoms with Crippen LogP contribution in [0.1, 0.15) is 5.56 Å². The second-order valence-electron chi connectivity index (χ2n) is 5.85. The van der Waals surface area contributed by atoms with Crippen LogP contribution in [0.25, 0.3) is 10.2 Å². The van der Waals surface area contributed by atoms with Gasteiger partial charge in [-0.2, -0.15) is 0 Å². The lowest BCUT2D eigenvalue weighted by Gasteiger charge is -2.12. The maximum atomic E-state index is 13.8. The molecule has 0 bridgehead atoms. The highest BCUT2D eigenvalue weighted by molar-refractivity contribution is 7.22. The van der Waals surface area contributed by atoms with E-state index >= 15 is 0 Å². The fraction of sp³-hybridized carbons (Fsp3) is 0.0556. The highest BCUT2D eigenvalue weighted by Gasteiger charge is 2.13. The second-order valence-corrected chi connectivity index (χ2v) is 6.88. The molecule has 0 spiro atoms. The van der Waals surface area contributed by atoms with Crippen LogP contribution in [0.5, 0.6) is 0 Å². The predicted octanol–water partition coefficient (Wildman–Crippen LogP) is 4.74. The highest BCUT2D eigenvalue weighted by atomic mass is 32.1. The Labute approximate surface area is 157 Å². The number of aryl methyl sites for hydroxylation is 1. The number of fused-ring (bicyclic) bond motifs is 1. The lowest BCUT2D eigenvalue weighted by molar-refractivity contribution is 0.603. The monoisotopic (exact) mass is 384 g/mol. The van der Waals surface area contributed by atoms with Crippen molar-refractivity contribution in [1.82, 2.24) is 15.0 Å². The molecule has 0 radical (unpaired) electrons. The van der Waals surface area contributed by atoms with Crippen LogP contribution in [0, 0.1) is 18.6 Å². The van der Waals surface area contributed by atoms with Gasteiger partial charge in [0.1, 0.15) is 23.6 Å². The summed E-state index contributed by atoms with van der Waals surface area (Å²) < 4.78 is 28.2. The molecular weight excluding hydrogens is 370 g/mol. The number of hydrogen-bond donors (Lipinski definition) is 3. The largest absolute Gasteiger partial charge is 0.393 e. The SMILES string of the molecule is Cc1ccc2nc(Nc3ncnc(Nc4cc(F)ccc4F)c3N)sc2c1. The Kier molecular flexibility index (Phi) is 4.28. The Hall–Kier alpha value is -3.33. The van der Waals surface area contributed by atoms with Crippen molar-refractivity contribution in [2.75, 3.05) is 16.4 Å². The smallest absolute Gasteiger partial charge is 0.189 e. The van der Waals surface area contributed by atoms with Gasteiger partial charge in [-0.15, -0.1) is 0 Å². The Balaban J connectivity index is 1.63. The minimum absolute atomic E-state index is 0.0678. The first-order valence-corrected chi connectivity index (χ1v) is 8.78. The molecule has 0 unspecified atom stereocenters. The van der Waals surface area contributed by atoms with E-state index < -0.39 is 11.6 Å². The summed E-state index contributed by atoms with van der Waals surface area (Å²) >= 11 is 1.46. The molecule has 0 fully saturated rings. The van der Waals surface area contributed by atoms with E-state index in [1.165, 1.54) is 17.7 Å². The van der Waals surface area contributed by atoms with Gasteiger partial charge in [0.15, 0.2) is 16.8 Å². The highest BCUT2D eigenvalue weighted by Crippen LogP contribution is 2.32. The van der Waals surface area contributed by atoms with E-state index in [0.29, 0.717) is 10.9 Å². The molecule has 0 aliphatic rings. The Bertz CT molecular complexity index is 1140. The summed E-state index contributed by atoms with van der Waals surface area (Å²) in [6.45, 7) is 2.01. The van der Waals surface area contributed by atoms with Crippen molar-refractivity contribution in [1.29, 1.82) is 0 Å². The number of aromatic nitrogens is 3. The summed E-state index contributed by atoms with van der Waals surface area (Å²) in [7, 11) is 0. The molecule has 0 atom stereocenters. The molecule has 2 aromatic heterocycles. The zero-order valence-electron chi connectivity index (χ0n) is 14.1. The number of nitrogens with two attached hydrogens (primary N) is 1. The average molecular weight is 384 g/mol. The standard InChI is InChI=1S/C18H14F2N6S/c1-9-2-5-12-14(6-9)27-18(25-12)26-17-15(21)16(22-8-23-17)24-13-7-10(19)3-4-11(13)20/h2-8H,21H2,1H3,(H2,22,23,24,25,26). The first kappa shape index (κ1) is 17.1. The van der Waals surface area contributed by atoms with Gasteiger partial charge in [0.2, 0.25) is 0 Å². The minimum Gasteiger partial charge on any atom is -0.393 e. The molecular formula is C18H14F2N6S. The van der Waals surface area contributed by atoms with Crippen LogP contribution in [-0.4, -0.2) is 15.0 Å². The number of nitrogens with zero attached hydrogens (tertiary/aromatic N) is 3. The zero-order valence-corrected chi connectivity index (χ0v) is 14.9. The fourth-order valence-electron chi connectivity index (χ4n) is 2.50. The van der Waals surface area contributed by atoms with Crippen molar-refractivity contribution >= 4 is 49.7 Å². The number of anilines is 5. The minimum atomic E-state index is -0.620. The maximum absolute atomic E-state index is 13.8. The third-order valence-electron chi connectivity index (χ3n) is 3.83. The van der Waals surface area contributed by atoms with Crippen LogP contribution in [-0.2, 0) is 0 Å². The van der Waals surface area contributed by atoms with Crippen LogP contribution in [0.15, 0.2) is 42.7 Å². The first-order chi connectivity index (χ1) is 13.0. The molecule has 0 saturated heterocycles. The topological polar surface area (TPSA) is 88.8 Å². The molecule has 27 heavy (non-hydrogen) atoms. The summed E-state index contributed by atoms with van der Waals surface area (Å²) in [4.78, 5) is 12.6. The van der Waals surface area contributed by atoms with Crippen molar-refractivity contribution in [3.05, 3.63) is 59.9 Å². The summed E-state index contributed by atoms with van der Waals surface area (Å²) in [6, 6.07) is 9.06. The molecule has 2 heterocycles. The third kappa shape index (κ3) is 3.49. The first-order valence-electron chi connectivity index (χ1n) is 7.96. The summed E-state index contributed by atoms with van der Waals surface area (Å²) in [5, 5.41) is 6.36. The average Bonchev–Trinajstić information content (AvgIpc) is 3.03. The summed E-state index contributed by atoms with van der Waals surface area (Å²) in [6.07, 6.45) is 1.27. The van der Waals surface area contributed by atoms with Crippen molar-refractivity contribution in [2.24, 2.45) is 0 Å². The zero-order chi connectivity index (χ0) is 19.0. The summed E-state index contributed by atoms with van der Waals surface area (Å²) in [5.74, 6) is -0.714. The number of thiazole rings is 1. The van der Waals surface area contributed by atoms with Crippen LogP contribution >= 0.6 is 11.3 Å². The van der Waals surface area contributed by atoms with E-state index in [1.807, 2.05) is 25.1 Å². The van der Waals surface area contributed by atoms with Gasteiger partial charge in [0.05, 0.1) is 15.9 Å². The summed E-state index contributed by atoms with van der Waals surface area (Å²) in [5.41, 5.74) is 8.20. The van der Waals surface area contributed by atoms with Gasteiger partial charge >= 0.3 is 0 Å². The van der Waals surface area contributed by atoms with Gasteiger partial charge in [-0.05, 0) is 36.8 Å². The van der Waals surface area contributed by atoms with Crippen molar-refractivity contribution < 1.29 is 8.78 Å². The van der Waals surface area contributed by atoms with Crippen molar-refractivity contribution in [3.63, 3.8) is 0 Å². The number of halogens is 2. The van der Waals surface area contributed by atoms with E-state index in [-0.39, 0.29) is 17.2 Å². The van der Waals surface area contributed by atoms with Crippen LogP contribution in [0.3, 0.4) is 0 Å². The van der Waals surface area contributed by atoms with Gasteiger partial charge in [0, 0.05) is 6.07 Å². The number of rotatable bonds is 4. The quantitative estimate of drug-likeness (QED) is 0.471. The van der Waals surface area contributed by atoms with Crippen LogP contribution < -0.4 is 16.4 Å². The van der Waals surface area contributed by atoms with E-state index in [0.717, 1.165) is 34.0 Å². The lowest BCUT2D eigenvalue weighted by atomic mass is 10.2. The number of nitrogens with one attached hydrogen (secondary N) is 2. The lowest BCUT2D eigenvalue weighted by Crippen LogP contribution is -2.06. The third-order valence-corrected chi connectivity index (χ3v) is 4.77. The van der Waals surface area contributed by atoms with E-state index in [1.54, 1.807) is 0 Å². The van der Waals surface area contributed by atoms with Gasteiger partial charge in [-0.3, -0.25) is 0 Å². The molecule has 4 aromatic rings. The number of benzene rings is 2. The maximum Gasteiger partial charge on any atom is 0.189 e. The number of hydrogen-bond acceptors (Lipinski definition) is 7. The van der Waals surface area contributed by atoms with Crippen molar-refractivity contribution in [3.8, 4) is 0 Å². The molecule has 6 nitrogen and oxygen atoms in total. The molecule has 136 valence electrons. The van der Waals surface area contributed by atoms with E-state index in [4.69, 9.17) is 5.73 Å². The Morgan fingerprint density at radius 1 is 1.00 bits per heavy atom. The second kappa shape index (κ2) is 6.76. The van der Waals surface area contributed by atoms with Crippen LogP contribution in [0.4, 0.5) is 36.9 Å².